The lowest BCUT2D eigenvalue weighted by Gasteiger charge is -2.17. The van der Waals surface area contributed by atoms with Gasteiger partial charge in [0.25, 0.3) is 11.8 Å². The summed E-state index contributed by atoms with van der Waals surface area (Å²) in [5.74, 6) is -2.30. The fraction of sp³-hybridized carbons (Fsp3) is 0.0741. The van der Waals surface area contributed by atoms with Gasteiger partial charge in [-0.25, -0.2) is 4.79 Å². The molecule has 4 aromatic rings. The molecule has 3 N–H and O–H groups in total. The molecule has 3 aromatic carbocycles. The number of rotatable bonds is 7. The van der Waals surface area contributed by atoms with Crippen LogP contribution in [0.15, 0.2) is 83.9 Å². The predicted molar refractivity (Wildman–Crippen MR) is 139 cm³/mol. The van der Waals surface area contributed by atoms with Crippen molar-refractivity contribution in [3.8, 4) is 0 Å². The fourth-order valence-electron chi connectivity index (χ4n) is 3.68. The molecule has 0 aliphatic heterocycles. The number of fused-ring (bicyclic) bond motifs is 1. The summed E-state index contributed by atoms with van der Waals surface area (Å²) in [4.78, 5) is 37.8. The van der Waals surface area contributed by atoms with E-state index in [-0.39, 0.29) is 33.8 Å². The second kappa shape index (κ2) is 10.5. The van der Waals surface area contributed by atoms with Gasteiger partial charge in [0, 0.05) is 10.4 Å². The first kappa shape index (κ1) is 24.2. The van der Waals surface area contributed by atoms with Gasteiger partial charge < -0.3 is 15.7 Å². The van der Waals surface area contributed by atoms with E-state index in [0.29, 0.717) is 4.88 Å². The van der Waals surface area contributed by atoms with Crippen molar-refractivity contribution in [2.45, 2.75) is 13.0 Å². The normalized spacial score (nSPS) is 12.2. The molecule has 35 heavy (non-hydrogen) atoms. The highest BCUT2D eigenvalue weighted by Gasteiger charge is 2.19. The number of aliphatic carboxylic acids is 1. The molecular formula is C27H21ClN2O4S. The summed E-state index contributed by atoms with van der Waals surface area (Å²) in [5, 5.41) is 18.7. The van der Waals surface area contributed by atoms with Crippen LogP contribution in [0.4, 0.5) is 0 Å². The van der Waals surface area contributed by atoms with Gasteiger partial charge in [-0.05, 0) is 59.0 Å². The predicted octanol–water partition coefficient (Wildman–Crippen LogP) is 5.90. The Morgan fingerprint density at radius 1 is 0.971 bits per heavy atom. The van der Waals surface area contributed by atoms with Gasteiger partial charge in [-0.15, -0.1) is 11.3 Å². The Kier molecular flexibility index (Phi) is 7.29. The summed E-state index contributed by atoms with van der Waals surface area (Å²) in [6.07, 6.45) is 1.37. The van der Waals surface area contributed by atoms with E-state index in [1.807, 2.05) is 49.4 Å². The number of carboxylic acid groups (broad SMARTS) is 1. The molecule has 176 valence electrons. The van der Waals surface area contributed by atoms with Gasteiger partial charge in [-0.2, -0.15) is 0 Å². The third kappa shape index (κ3) is 5.59. The van der Waals surface area contributed by atoms with Crippen molar-refractivity contribution < 1.29 is 19.5 Å². The molecule has 1 atom stereocenters. The van der Waals surface area contributed by atoms with E-state index in [1.165, 1.54) is 35.6 Å². The standard InChI is InChI=1S/C27H21ClN2O4S/c1-16(20-10-4-7-17-6-2-3-9-21(17)20)29-25(31)18-11-12-22(23(28)14-18)26(32)30-24(27(33)34)15-19-8-5-13-35-19/h2-16H,1H3,(H,29,31)(H,30,32)(H,33,34)/t16-/m1/s1. The maximum atomic E-state index is 12.9. The Hall–Kier alpha value is -3.94. The van der Waals surface area contributed by atoms with Crippen molar-refractivity contribution in [1.82, 2.24) is 10.6 Å². The fourth-order valence-corrected chi connectivity index (χ4v) is 4.61. The first-order chi connectivity index (χ1) is 16.8. The summed E-state index contributed by atoms with van der Waals surface area (Å²) >= 11 is 7.64. The minimum atomic E-state index is -1.28. The van der Waals surface area contributed by atoms with Crippen LogP contribution < -0.4 is 10.6 Å². The van der Waals surface area contributed by atoms with Crippen LogP contribution in [0.25, 0.3) is 16.8 Å². The van der Waals surface area contributed by atoms with E-state index in [1.54, 1.807) is 17.5 Å². The largest absolute Gasteiger partial charge is 0.477 e. The highest BCUT2D eigenvalue weighted by molar-refractivity contribution is 7.10. The lowest BCUT2D eigenvalue weighted by molar-refractivity contribution is -0.132. The van der Waals surface area contributed by atoms with Crippen LogP contribution >= 0.6 is 22.9 Å². The van der Waals surface area contributed by atoms with Crippen LogP contribution in [0, 0.1) is 0 Å². The molecule has 0 aliphatic carbocycles. The van der Waals surface area contributed by atoms with Crippen molar-refractivity contribution >= 4 is 57.6 Å². The average Bonchev–Trinajstić information content (AvgIpc) is 3.36. The van der Waals surface area contributed by atoms with Crippen LogP contribution in [0.2, 0.25) is 5.02 Å². The molecule has 8 heteroatoms. The molecule has 1 aromatic heterocycles. The molecule has 0 fully saturated rings. The number of nitrogens with one attached hydrogen (secondary N) is 2. The second-order valence-electron chi connectivity index (χ2n) is 7.79. The third-order valence-electron chi connectivity index (χ3n) is 5.42. The molecule has 0 saturated carbocycles. The molecule has 1 heterocycles. The van der Waals surface area contributed by atoms with E-state index >= 15 is 0 Å². The van der Waals surface area contributed by atoms with Crippen LogP contribution in [0.1, 0.15) is 44.1 Å². The number of hydrogen-bond acceptors (Lipinski definition) is 4. The molecule has 4 rings (SSSR count). The molecule has 0 aliphatic rings. The quantitative estimate of drug-likeness (QED) is 0.273. The summed E-state index contributed by atoms with van der Waals surface area (Å²) in [6, 6.07) is 21.4. The lowest BCUT2D eigenvalue weighted by atomic mass is 9.99. The van der Waals surface area contributed by atoms with Gasteiger partial charge in [0.2, 0.25) is 0 Å². The van der Waals surface area contributed by atoms with Crippen molar-refractivity contribution in [1.29, 1.82) is 0 Å². The van der Waals surface area contributed by atoms with Crippen molar-refractivity contribution in [2.24, 2.45) is 0 Å². The monoisotopic (exact) mass is 504 g/mol. The van der Waals surface area contributed by atoms with Gasteiger partial charge in [0.05, 0.1) is 16.6 Å². The summed E-state index contributed by atoms with van der Waals surface area (Å²) in [7, 11) is 0. The second-order valence-corrected chi connectivity index (χ2v) is 9.18. The SMILES string of the molecule is C[C@@H](NC(=O)c1ccc(C(=O)NC(=Cc2cccs2)C(=O)O)c(Cl)c1)c1cccc2ccccc12. The molecule has 0 unspecified atom stereocenters. The van der Waals surface area contributed by atoms with Gasteiger partial charge in [0.15, 0.2) is 0 Å². The number of carbonyl (C=O) groups is 3. The minimum Gasteiger partial charge on any atom is -0.477 e. The van der Waals surface area contributed by atoms with Crippen molar-refractivity contribution in [3.63, 3.8) is 0 Å². The summed E-state index contributed by atoms with van der Waals surface area (Å²) in [6.45, 7) is 1.90. The zero-order chi connectivity index (χ0) is 24.9. The highest BCUT2D eigenvalue weighted by Crippen LogP contribution is 2.25. The Labute approximate surface area is 210 Å². The van der Waals surface area contributed by atoms with Gasteiger partial charge in [-0.1, -0.05) is 60.1 Å². The van der Waals surface area contributed by atoms with Crippen molar-refractivity contribution in [3.05, 3.63) is 110 Å². The molecule has 0 spiro atoms. The zero-order valence-electron chi connectivity index (χ0n) is 18.6. The summed E-state index contributed by atoms with van der Waals surface area (Å²) in [5.41, 5.74) is 1.05. The van der Waals surface area contributed by atoms with E-state index < -0.39 is 11.9 Å². The van der Waals surface area contributed by atoms with Crippen LogP contribution in [0.5, 0.6) is 0 Å². The van der Waals surface area contributed by atoms with Crippen LogP contribution in [-0.4, -0.2) is 22.9 Å². The number of hydrogen-bond donors (Lipinski definition) is 3. The van der Waals surface area contributed by atoms with Crippen LogP contribution in [-0.2, 0) is 4.79 Å². The third-order valence-corrected chi connectivity index (χ3v) is 6.55. The zero-order valence-corrected chi connectivity index (χ0v) is 20.2. The molecule has 6 nitrogen and oxygen atoms in total. The smallest absolute Gasteiger partial charge is 0.352 e. The number of thiophene rings is 1. The Bertz CT molecular complexity index is 1440. The maximum absolute atomic E-state index is 12.9. The molecule has 0 radical (unpaired) electrons. The minimum absolute atomic E-state index is 0.0360. The van der Waals surface area contributed by atoms with E-state index in [4.69, 9.17) is 11.6 Å². The Morgan fingerprint density at radius 3 is 2.46 bits per heavy atom. The first-order valence-corrected chi connectivity index (χ1v) is 12.0. The molecule has 2 amide bonds. The van der Waals surface area contributed by atoms with E-state index in [0.717, 1.165) is 16.3 Å². The number of halogens is 1. The summed E-state index contributed by atoms with van der Waals surface area (Å²) < 4.78 is 0. The maximum Gasteiger partial charge on any atom is 0.352 e. The van der Waals surface area contributed by atoms with Crippen molar-refractivity contribution in [2.75, 3.05) is 0 Å². The number of amides is 2. The van der Waals surface area contributed by atoms with E-state index in [9.17, 15) is 19.5 Å². The molecule has 0 bridgehead atoms. The molecule has 0 saturated heterocycles. The average molecular weight is 505 g/mol. The lowest BCUT2D eigenvalue weighted by Crippen LogP contribution is -2.28. The number of benzene rings is 3. The van der Waals surface area contributed by atoms with Crippen LogP contribution in [0.3, 0.4) is 0 Å². The van der Waals surface area contributed by atoms with E-state index in [2.05, 4.69) is 10.6 Å². The highest BCUT2D eigenvalue weighted by atomic mass is 35.5. The Balaban J connectivity index is 1.49. The number of carbonyl (C=O) groups excluding carboxylic acids is 2. The van der Waals surface area contributed by atoms with Gasteiger partial charge in [0.1, 0.15) is 5.70 Å². The topological polar surface area (TPSA) is 95.5 Å². The Morgan fingerprint density at radius 2 is 1.74 bits per heavy atom. The van der Waals surface area contributed by atoms with Gasteiger partial charge in [-0.3, -0.25) is 9.59 Å². The number of carboxylic acids is 1. The first-order valence-electron chi connectivity index (χ1n) is 10.7. The molecular weight excluding hydrogens is 484 g/mol. The van der Waals surface area contributed by atoms with Gasteiger partial charge >= 0.3 is 5.97 Å².